The summed E-state index contributed by atoms with van der Waals surface area (Å²) in [7, 11) is 0. The Bertz CT molecular complexity index is 1240. The third-order valence-corrected chi connectivity index (χ3v) is 6.43. The SMILES string of the molecule is CC(C)(C)OC(=O)N1CCC[C@@H](N(C(=O)c2ccc(C3=NOC(C)(C)C3=O)cc2)c2ncccc2Cl)C1. The number of likely N-dealkylation sites (tertiary alicyclic amines) is 1. The molecule has 0 spiro atoms. The van der Waals surface area contributed by atoms with Crippen molar-refractivity contribution in [2.75, 3.05) is 18.0 Å². The number of anilines is 1. The molecule has 10 heteroatoms. The predicted molar refractivity (Wildman–Crippen MR) is 140 cm³/mol. The highest BCUT2D eigenvalue weighted by Crippen LogP contribution is 2.30. The number of ketones is 1. The fourth-order valence-corrected chi connectivity index (χ4v) is 4.48. The molecule has 0 aliphatic carbocycles. The van der Waals surface area contributed by atoms with Crippen LogP contribution in [0.2, 0.25) is 5.02 Å². The highest BCUT2D eigenvalue weighted by atomic mass is 35.5. The van der Waals surface area contributed by atoms with Crippen LogP contribution in [0.3, 0.4) is 0 Å². The van der Waals surface area contributed by atoms with E-state index in [4.69, 9.17) is 21.2 Å². The Labute approximate surface area is 221 Å². The number of benzene rings is 1. The number of Topliss-reactive ketones (excluding diaryl/α,β-unsaturated/α-hetero) is 1. The van der Waals surface area contributed by atoms with E-state index in [1.54, 1.807) is 66.2 Å². The smallest absolute Gasteiger partial charge is 0.410 e. The molecular weight excluding hydrogens is 496 g/mol. The molecule has 1 fully saturated rings. The molecule has 3 heterocycles. The minimum absolute atomic E-state index is 0.217. The van der Waals surface area contributed by atoms with Gasteiger partial charge in [0.25, 0.3) is 5.91 Å². The third kappa shape index (κ3) is 5.77. The first-order chi connectivity index (χ1) is 17.4. The summed E-state index contributed by atoms with van der Waals surface area (Å²) in [6, 6.07) is 9.61. The number of carbonyl (C=O) groups excluding carboxylic acids is 3. The van der Waals surface area contributed by atoms with Gasteiger partial charge < -0.3 is 14.5 Å². The zero-order chi connectivity index (χ0) is 27.0. The standard InChI is InChI=1S/C27H31ClN4O5/c1-26(2,3)36-25(35)31-15-7-8-19(16-31)32(23-20(28)9-6-14-29-23)24(34)18-12-10-17(11-13-18)21-22(33)27(4,5)37-30-21/h6,9-14,19H,7-8,15-16H2,1-5H3/t19-/m1/s1. The molecule has 1 aromatic carbocycles. The van der Waals surface area contributed by atoms with Crippen molar-refractivity contribution in [1.29, 1.82) is 0 Å². The van der Waals surface area contributed by atoms with E-state index in [1.807, 2.05) is 20.8 Å². The van der Waals surface area contributed by atoms with E-state index >= 15 is 0 Å². The van der Waals surface area contributed by atoms with Crippen LogP contribution in [0.15, 0.2) is 47.8 Å². The molecule has 0 N–H and O–H groups in total. The van der Waals surface area contributed by atoms with Crippen molar-refractivity contribution in [3.63, 3.8) is 0 Å². The van der Waals surface area contributed by atoms with Crippen molar-refractivity contribution in [2.24, 2.45) is 5.16 Å². The number of rotatable bonds is 4. The average molecular weight is 527 g/mol. The lowest BCUT2D eigenvalue weighted by Crippen LogP contribution is -2.53. The van der Waals surface area contributed by atoms with Gasteiger partial charge in [-0.1, -0.05) is 28.9 Å². The van der Waals surface area contributed by atoms with Crippen LogP contribution >= 0.6 is 11.6 Å². The normalized spacial score (nSPS) is 19.2. The number of pyridine rings is 1. The highest BCUT2D eigenvalue weighted by Gasteiger charge is 2.40. The van der Waals surface area contributed by atoms with Gasteiger partial charge in [-0.25, -0.2) is 9.78 Å². The quantitative estimate of drug-likeness (QED) is 0.563. The number of hydrogen-bond acceptors (Lipinski definition) is 7. The Morgan fingerprint density at radius 3 is 2.49 bits per heavy atom. The molecule has 2 amide bonds. The van der Waals surface area contributed by atoms with Crippen LogP contribution in [-0.2, 0) is 14.4 Å². The lowest BCUT2D eigenvalue weighted by molar-refractivity contribution is -0.128. The van der Waals surface area contributed by atoms with Crippen molar-refractivity contribution in [1.82, 2.24) is 9.88 Å². The van der Waals surface area contributed by atoms with Gasteiger partial charge in [-0.3, -0.25) is 14.5 Å². The van der Waals surface area contributed by atoms with E-state index in [2.05, 4.69) is 10.1 Å². The molecule has 2 aromatic rings. The van der Waals surface area contributed by atoms with Crippen LogP contribution in [0.25, 0.3) is 0 Å². The van der Waals surface area contributed by atoms with Crippen molar-refractivity contribution in [2.45, 2.75) is 64.7 Å². The number of piperidine rings is 1. The van der Waals surface area contributed by atoms with Crippen LogP contribution < -0.4 is 4.90 Å². The van der Waals surface area contributed by atoms with Gasteiger partial charge in [0.1, 0.15) is 5.60 Å². The van der Waals surface area contributed by atoms with Gasteiger partial charge in [-0.15, -0.1) is 0 Å². The minimum Gasteiger partial charge on any atom is -0.444 e. The monoisotopic (exact) mass is 526 g/mol. The highest BCUT2D eigenvalue weighted by molar-refractivity contribution is 6.49. The molecule has 9 nitrogen and oxygen atoms in total. The van der Waals surface area contributed by atoms with Gasteiger partial charge in [0.2, 0.25) is 5.78 Å². The fourth-order valence-electron chi connectivity index (χ4n) is 4.27. The maximum Gasteiger partial charge on any atom is 0.410 e. The summed E-state index contributed by atoms with van der Waals surface area (Å²) in [6.07, 6.45) is 2.50. The van der Waals surface area contributed by atoms with E-state index in [0.717, 1.165) is 0 Å². The number of nitrogens with zero attached hydrogens (tertiary/aromatic N) is 4. The Kier molecular flexibility index (Phi) is 7.28. The summed E-state index contributed by atoms with van der Waals surface area (Å²) in [5, 5.41) is 4.25. The van der Waals surface area contributed by atoms with E-state index < -0.39 is 17.3 Å². The molecule has 1 saturated heterocycles. The molecule has 196 valence electrons. The second-order valence-electron chi connectivity index (χ2n) is 10.7. The maximum atomic E-state index is 13.9. The van der Waals surface area contributed by atoms with Gasteiger partial charge in [0.05, 0.1) is 11.1 Å². The van der Waals surface area contributed by atoms with Crippen LogP contribution in [0.5, 0.6) is 0 Å². The Morgan fingerprint density at radius 2 is 1.89 bits per heavy atom. The number of aromatic nitrogens is 1. The van der Waals surface area contributed by atoms with Crippen molar-refractivity contribution in [3.8, 4) is 0 Å². The summed E-state index contributed by atoms with van der Waals surface area (Å²) < 4.78 is 5.56. The van der Waals surface area contributed by atoms with Gasteiger partial charge >= 0.3 is 6.09 Å². The van der Waals surface area contributed by atoms with E-state index in [9.17, 15) is 14.4 Å². The molecule has 0 radical (unpaired) electrons. The molecule has 0 unspecified atom stereocenters. The van der Waals surface area contributed by atoms with E-state index in [-0.39, 0.29) is 30.0 Å². The molecule has 2 aliphatic heterocycles. The molecule has 0 bridgehead atoms. The van der Waals surface area contributed by atoms with Crippen LogP contribution in [0.1, 0.15) is 63.4 Å². The first-order valence-electron chi connectivity index (χ1n) is 12.2. The predicted octanol–water partition coefficient (Wildman–Crippen LogP) is 4.86. The van der Waals surface area contributed by atoms with Crippen molar-refractivity contribution >= 4 is 40.9 Å². The number of amides is 2. The average Bonchev–Trinajstić information content (AvgIpc) is 3.12. The molecule has 1 aromatic heterocycles. The van der Waals surface area contributed by atoms with Crippen molar-refractivity contribution in [3.05, 3.63) is 58.7 Å². The van der Waals surface area contributed by atoms with Crippen LogP contribution in [-0.4, -0.2) is 63.7 Å². The zero-order valence-corrected chi connectivity index (χ0v) is 22.4. The fraction of sp³-hybridized carbons (Fsp3) is 0.444. The molecule has 2 aliphatic rings. The number of hydrogen-bond donors (Lipinski definition) is 0. The summed E-state index contributed by atoms with van der Waals surface area (Å²) >= 11 is 6.48. The van der Waals surface area contributed by atoms with Crippen LogP contribution in [0, 0.1) is 0 Å². The van der Waals surface area contributed by atoms with Crippen molar-refractivity contribution < 1.29 is 24.0 Å². The van der Waals surface area contributed by atoms with Gasteiger partial charge in [-0.2, -0.15) is 0 Å². The van der Waals surface area contributed by atoms with E-state index in [0.29, 0.717) is 41.4 Å². The number of carbonyl (C=O) groups is 3. The largest absolute Gasteiger partial charge is 0.444 e. The second-order valence-corrected chi connectivity index (χ2v) is 11.1. The first kappa shape index (κ1) is 26.6. The molecule has 37 heavy (non-hydrogen) atoms. The molecule has 0 saturated carbocycles. The number of halogens is 1. The van der Waals surface area contributed by atoms with E-state index in [1.165, 1.54) is 0 Å². The molecular formula is C27H31ClN4O5. The topological polar surface area (TPSA) is 101 Å². The number of ether oxygens (including phenoxy) is 1. The lowest BCUT2D eigenvalue weighted by atomic mass is 9.95. The minimum atomic E-state index is -1.02. The second kappa shape index (κ2) is 10.1. The van der Waals surface area contributed by atoms with Crippen LogP contribution in [0.4, 0.5) is 10.6 Å². The number of oxime groups is 1. The summed E-state index contributed by atoms with van der Waals surface area (Å²) in [6.45, 7) is 9.58. The molecule has 1 atom stereocenters. The summed E-state index contributed by atoms with van der Waals surface area (Å²) in [4.78, 5) is 52.0. The first-order valence-corrected chi connectivity index (χ1v) is 12.6. The van der Waals surface area contributed by atoms with Gasteiger partial charge in [0, 0.05) is 30.4 Å². The Morgan fingerprint density at radius 1 is 1.19 bits per heavy atom. The summed E-state index contributed by atoms with van der Waals surface area (Å²) in [5.74, 6) is -0.225. The Hall–Kier alpha value is -3.46. The maximum absolute atomic E-state index is 13.9. The van der Waals surface area contributed by atoms with Gasteiger partial charge in [-0.05, 0) is 71.7 Å². The third-order valence-electron chi connectivity index (χ3n) is 6.13. The zero-order valence-electron chi connectivity index (χ0n) is 21.7. The molecule has 4 rings (SSSR count). The summed E-state index contributed by atoms with van der Waals surface area (Å²) in [5.41, 5.74) is -0.489. The lowest BCUT2D eigenvalue weighted by Gasteiger charge is -2.39. The Balaban J connectivity index is 1.62. The van der Waals surface area contributed by atoms with Gasteiger partial charge in [0.15, 0.2) is 17.1 Å².